The highest BCUT2D eigenvalue weighted by Gasteiger charge is 2.06. The van der Waals surface area contributed by atoms with Crippen molar-refractivity contribution in [2.45, 2.75) is 6.42 Å². The van der Waals surface area contributed by atoms with Gasteiger partial charge in [-0.2, -0.15) is 0 Å². The summed E-state index contributed by atoms with van der Waals surface area (Å²) in [6.45, 7) is 0.471. The van der Waals surface area contributed by atoms with Crippen molar-refractivity contribution < 1.29 is 9.53 Å². The predicted octanol–water partition coefficient (Wildman–Crippen LogP) is 1.36. The van der Waals surface area contributed by atoms with Crippen molar-refractivity contribution in [2.24, 2.45) is 0 Å². The van der Waals surface area contributed by atoms with Crippen molar-refractivity contribution in [3.63, 3.8) is 0 Å². The lowest BCUT2D eigenvalue weighted by molar-refractivity contribution is 0.0932. The van der Waals surface area contributed by atoms with E-state index in [1.807, 2.05) is 0 Å². The molecule has 0 aliphatic rings. The second-order valence-electron chi connectivity index (χ2n) is 2.00. The first-order chi connectivity index (χ1) is 5.34. The van der Waals surface area contributed by atoms with Gasteiger partial charge in [-0.25, -0.2) is 4.98 Å². The molecule has 3 nitrogen and oxygen atoms in total. The zero-order valence-corrected chi connectivity index (χ0v) is 7.06. The van der Waals surface area contributed by atoms with Gasteiger partial charge in [-0.15, -0.1) is 11.3 Å². The van der Waals surface area contributed by atoms with E-state index in [0.29, 0.717) is 18.0 Å². The molecule has 0 fully saturated rings. The van der Waals surface area contributed by atoms with Gasteiger partial charge >= 0.3 is 0 Å². The Kier molecular flexibility index (Phi) is 3.19. The van der Waals surface area contributed by atoms with Crippen molar-refractivity contribution in [1.82, 2.24) is 4.98 Å². The average molecular weight is 171 g/mol. The first-order valence-corrected chi connectivity index (χ1v) is 4.14. The SMILES string of the molecule is COCCC(=O)c1nccs1. The molecule has 60 valence electrons. The lowest BCUT2D eigenvalue weighted by atomic mass is 10.3. The molecule has 0 aromatic carbocycles. The second-order valence-corrected chi connectivity index (χ2v) is 2.90. The summed E-state index contributed by atoms with van der Waals surface area (Å²) in [5, 5.41) is 2.36. The van der Waals surface area contributed by atoms with Gasteiger partial charge in [0.15, 0.2) is 10.8 Å². The Labute approximate surface area is 69.0 Å². The van der Waals surface area contributed by atoms with Crippen LogP contribution < -0.4 is 0 Å². The molecule has 1 rings (SSSR count). The number of ether oxygens (including phenoxy) is 1. The Balaban J connectivity index is 2.43. The first-order valence-electron chi connectivity index (χ1n) is 3.26. The molecule has 0 spiro atoms. The van der Waals surface area contributed by atoms with Gasteiger partial charge in [-0.3, -0.25) is 4.79 Å². The number of carbonyl (C=O) groups is 1. The van der Waals surface area contributed by atoms with Crippen molar-refractivity contribution in [2.75, 3.05) is 13.7 Å². The van der Waals surface area contributed by atoms with Crippen molar-refractivity contribution in [1.29, 1.82) is 0 Å². The highest BCUT2D eigenvalue weighted by Crippen LogP contribution is 2.06. The van der Waals surface area contributed by atoms with E-state index in [1.165, 1.54) is 11.3 Å². The first kappa shape index (κ1) is 8.36. The fourth-order valence-electron chi connectivity index (χ4n) is 0.663. The number of hydrogen-bond acceptors (Lipinski definition) is 4. The normalized spacial score (nSPS) is 9.91. The maximum atomic E-state index is 11.1. The molecule has 11 heavy (non-hydrogen) atoms. The molecular formula is C7H9NO2S. The Morgan fingerprint density at radius 3 is 3.18 bits per heavy atom. The van der Waals surface area contributed by atoms with Crippen molar-refractivity contribution in [3.05, 3.63) is 16.6 Å². The zero-order valence-electron chi connectivity index (χ0n) is 6.24. The summed E-state index contributed by atoms with van der Waals surface area (Å²) < 4.78 is 4.77. The summed E-state index contributed by atoms with van der Waals surface area (Å²) in [5.41, 5.74) is 0. The third-order valence-electron chi connectivity index (χ3n) is 1.20. The lowest BCUT2D eigenvalue weighted by Crippen LogP contribution is -2.02. The second kappa shape index (κ2) is 4.20. The Morgan fingerprint density at radius 2 is 2.64 bits per heavy atom. The standard InChI is InChI=1S/C7H9NO2S/c1-10-4-2-6(9)7-8-3-5-11-7/h3,5H,2,4H2,1H3. The molecule has 4 heteroatoms. The summed E-state index contributed by atoms with van der Waals surface area (Å²) in [4.78, 5) is 15.0. The predicted molar refractivity (Wildman–Crippen MR) is 42.9 cm³/mol. The van der Waals surface area contributed by atoms with E-state index in [9.17, 15) is 4.79 Å². The van der Waals surface area contributed by atoms with Crippen LogP contribution in [0, 0.1) is 0 Å². The van der Waals surface area contributed by atoms with Crippen LogP contribution in [0.4, 0.5) is 0 Å². The summed E-state index contributed by atoms with van der Waals surface area (Å²) in [6, 6.07) is 0. The van der Waals surface area contributed by atoms with Crippen LogP contribution in [-0.2, 0) is 4.74 Å². The van der Waals surface area contributed by atoms with Gasteiger partial charge in [-0.1, -0.05) is 0 Å². The van der Waals surface area contributed by atoms with Gasteiger partial charge in [0.05, 0.1) is 6.61 Å². The number of ketones is 1. The smallest absolute Gasteiger partial charge is 0.193 e. The highest BCUT2D eigenvalue weighted by molar-refractivity contribution is 7.11. The number of rotatable bonds is 4. The highest BCUT2D eigenvalue weighted by atomic mass is 32.1. The van der Waals surface area contributed by atoms with E-state index in [-0.39, 0.29) is 5.78 Å². The number of carbonyl (C=O) groups excluding carboxylic acids is 1. The maximum absolute atomic E-state index is 11.1. The van der Waals surface area contributed by atoms with Gasteiger partial charge in [0.25, 0.3) is 0 Å². The van der Waals surface area contributed by atoms with Gasteiger partial charge in [0, 0.05) is 25.1 Å². The van der Waals surface area contributed by atoms with Crippen molar-refractivity contribution >= 4 is 17.1 Å². The third kappa shape index (κ3) is 2.40. The molecule has 0 bridgehead atoms. The van der Waals surface area contributed by atoms with Crippen LogP contribution in [-0.4, -0.2) is 24.5 Å². The Hall–Kier alpha value is -0.740. The van der Waals surface area contributed by atoms with Gasteiger partial charge in [0.2, 0.25) is 0 Å². The van der Waals surface area contributed by atoms with Gasteiger partial charge in [-0.05, 0) is 0 Å². The van der Waals surface area contributed by atoms with E-state index in [1.54, 1.807) is 18.7 Å². The third-order valence-corrected chi connectivity index (χ3v) is 2.02. The summed E-state index contributed by atoms with van der Waals surface area (Å²) in [5.74, 6) is 0.0573. The van der Waals surface area contributed by atoms with Crippen LogP contribution in [0.1, 0.15) is 16.2 Å². The van der Waals surface area contributed by atoms with E-state index in [0.717, 1.165) is 0 Å². The van der Waals surface area contributed by atoms with Crippen LogP contribution in [0.5, 0.6) is 0 Å². The van der Waals surface area contributed by atoms with Gasteiger partial charge in [0.1, 0.15) is 0 Å². The number of nitrogens with zero attached hydrogens (tertiary/aromatic N) is 1. The lowest BCUT2D eigenvalue weighted by Gasteiger charge is -1.93. The van der Waals surface area contributed by atoms with Crippen LogP contribution in [0.3, 0.4) is 0 Å². The van der Waals surface area contributed by atoms with Gasteiger partial charge < -0.3 is 4.74 Å². The molecule has 0 saturated heterocycles. The minimum atomic E-state index is 0.0573. The molecule has 0 saturated carbocycles. The molecule has 0 atom stereocenters. The number of aromatic nitrogens is 1. The molecule has 0 aliphatic heterocycles. The molecule has 0 radical (unpaired) electrons. The molecular weight excluding hydrogens is 162 g/mol. The largest absolute Gasteiger partial charge is 0.384 e. The molecule has 0 unspecified atom stereocenters. The fraction of sp³-hybridized carbons (Fsp3) is 0.429. The molecule has 0 aliphatic carbocycles. The minimum absolute atomic E-state index is 0.0573. The summed E-state index contributed by atoms with van der Waals surface area (Å²) >= 11 is 1.37. The molecule has 0 amide bonds. The topological polar surface area (TPSA) is 39.2 Å². The van der Waals surface area contributed by atoms with Crippen LogP contribution >= 0.6 is 11.3 Å². The average Bonchev–Trinajstić information content (AvgIpc) is 2.52. The Morgan fingerprint density at radius 1 is 1.82 bits per heavy atom. The molecule has 1 heterocycles. The van der Waals surface area contributed by atoms with E-state index in [4.69, 9.17) is 4.74 Å². The van der Waals surface area contributed by atoms with E-state index in [2.05, 4.69) is 4.98 Å². The summed E-state index contributed by atoms with van der Waals surface area (Å²) in [6.07, 6.45) is 2.05. The van der Waals surface area contributed by atoms with E-state index < -0.39 is 0 Å². The van der Waals surface area contributed by atoms with Crippen LogP contribution in [0.2, 0.25) is 0 Å². The van der Waals surface area contributed by atoms with Crippen molar-refractivity contribution in [3.8, 4) is 0 Å². The summed E-state index contributed by atoms with van der Waals surface area (Å²) in [7, 11) is 1.58. The minimum Gasteiger partial charge on any atom is -0.384 e. The molecule has 1 aromatic heterocycles. The van der Waals surface area contributed by atoms with Crippen LogP contribution in [0.25, 0.3) is 0 Å². The molecule has 1 aromatic rings. The maximum Gasteiger partial charge on any atom is 0.193 e. The monoisotopic (exact) mass is 171 g/mol. The number of methoxy groups -OCH3 is 1. The number of hydrogen-bond donors (Lipinski definition) is 0. The fourth-order valence-corrected chi connectivity index (χ4v) is 1.27. The quantitative estimate of drug-likeness (QED) is 0.642. The van der Waals surface area contributed by atoms with Crippen LogP contribution in [0.15, 0.2) is 11.6 Å². The van der Waals surface area contributed by atoms with E-state index >= 15 is 0 Å². The number of Topliss-reactive ketones (excluding diaryl/α,β-unsaturated/α-hetero) is 1. The zero-order chi connectivity index (χ0) is 8.10. The number of thiazole rings is 1. The molecule has 0 N–H and O–H groups in total. The Bertz CT molecular complexity index is 220.